The number of Topliss-reactive ketones (excluding diaryl/α,β-unsaturated/α-hetero) is 1. The van der Waals surface area contributed by atoms with Crippen LogP contribution in [0.3, 0.4) is 0 Å². The van der Waals surface area contributed by atoms with Crippen LogP contribution in [0.1, 0.15) is 70.3 Å². The van der Waals surface area contributed by atoms with Crippen molar-refractivity contribution in [3.8, 4) is 5.75 Å². The molecule has 1 aromatic heterocycles. The van der Waals surface area contributed by atoms with Gasteiger partial charge in [-0.25, -0.2) is 4.79 Å². The molecule has 4 aromatic rings. The van der Waals surface area contributed by atoms with E-state index in [4.69, 9.17) is 9.47 Å². The fourth-order valence-corrected chi connectivity index (χ4v) is 3.90. The van der Waals surface area contributed by atoms with Gasteiger partial charge in [0.05, 0.1) is 5.92 Å². The lowest BCUT2D eigenvalue weighted by atomic mass is 9.97. The molecule has 0 saturated heterocycles. The van der Waals surface area contributed by atoms with Crippen LogP contribution in [0.4, 0.5) is 10.5 Å². The van der Waals surface area contributed by atoms with Gasteiger partial charge in [0.25, 0.3) is 0 Å². The summed E-state index contributed by atoms with van der Waals surface area (Å²) in [5, 5.41) is 7.55. The van der Waals surface area contributed by atoms with Gasteiger partial charge in [0.1, 0.15) is 11.4 Å². The van der Waals surface area contributed by atoms with Crippen molar-refractivity contribution in [1.29, 1.82) is 0 Å². The molecule has 1 unspecified atom stereocenters. The maximum Gasteiger partial charge on any atom is 0.407 e. The number of alkyl carbamates (subject to hydrolysis) is 1. The van der Waals surface area contributed by atoms with E-state index < -0.39 is 17.6 Å². The molecule has 0 radical (unpaired) electrons. The zero-order chi connectivity index (χ0) is 31.8. The minimum absolute atomic E-state index is 0.0188. The highest BCUT2D eigenvalue weighted by Crippen LogP contribution is 2.24. The number of ether oxygens (including phenoxy) is 2. The van der Waals surface area contributed by atoms with Gasteiger partial charge in [0.2, 0.25) is 5.91 Å². The molecule has 8 nitrogen and oxygen atoms in total. The van der Waals surface area contributed by atoms with E-state index in [9.17, 15) is 14.4 Å². The molecule has 43 heavy (non-hydrogen) atoms. The summed E-state index contributed by atoms with van der Waals surface area (Å²) < 4.78 is 11.0. The lowest BCUT2D eigenvalue weighted by molar-refractivity contribution is -0.117. The van der Waals surface area contributed by atoms with Gasteiger partial charge in [-0.1, -0.05) is 76.2 Å². The Morgan fingerprint density at radius 3 is 2.16 bits per heavy atom. The third-order valence-electron chi connectivity index (χ3n) is 5.82. The van der Waals surface area contributed by atoms with Crippen LogP contribution in [-0.4, -0.2) is 41.5 Å². The molecule has 1 atom stereocenters. The summed E-state index contributed by atoms with van der Waals surface area (Å²) in [5.41, 5.74) is 1.19. The van der Waals surface area contributed by atoms with Gasteiger partial charge >= 0.3 is 6.09 Å². The predicted molar refractivity (Wildman–Crippen MR) is 173 cm³/mol. The summed E-state index contributed by atoms with van der Waals surface area (Å²) in [7, 11) is 0. The maximum atomic E-state index is 13.4. The number of carbonyl (C=O) groups is 3. The number of anilines is 1. The third kappa shape index (κ3) is 11.2. The second-order valence-corrected chi connectivity index (χ2v) is 10.0. The average molecular weight is 586 g/mol. The topological polar surface area (TPSA) is 107 Å². The summed E-state index contributed by atoms with van der Waals surface area (Å²) in [5.74, 6) is -0.659. The molecule has 0 aliphatic rings. The van der Waals surface area contributed by atoms with E-state index in [2.05, 4.69) is 15.6 Å². The highest BCUT2D eigenvalue weighted by molar-refractivity contribution is 5.98. The summed E-state index contributed by atoms with van der Waals surface area (Å²) >= 11 is 0. The van der Waals surface area contributed by atoms with E-state index in [1.807, 2.05) is 52.0 Å². The van der Waals surface area contributed by atoms with Crippen LogP contribution in [0.5, 0.6) is 5.75 Å². The van der Waals surface area contributed by atoms with Gasteiger partial charge in [-0.2, -0.15) is 0 Å². The first-order chi connectivity index (χ1) is 20.7. The van der Waals surface area contributed by atoms with E-state index in [0.29, 0.717) is 22.6 Å². The molecule has 0 spiro atoms. The van der Waals surface area contributed by atoms with Crippen LogP contribution in [0.15, 0.2) is 91.3 Å². The zero-order valence-electron chi connectivity index (χ0n) is 26.1. The summed E-state index contributed by atoms with van der Waals surface area (Å²) in [6.07, 6.45) is 2.84. The fraction of sp³-hybridized carbons (Fsp3) is 0.314. The van der Waals surface area contributed by atoms with Gasteiger partial charge in [0, 0.05) is 35.6 Å². The number of aromatic nitrogens is 1. The highest BCUT2D eigenvalue weighted by Gasteiger charge is 2.24. The van der Waals surface area contributed by atoms with Gasteiger partial charge in [0.15, 0.2) is 12.4 Å². The molecule has 0 fully saturated rings. The number of fused-ring (bicyclic) bond motifs is 1. The summed E-state index contributed by atoms with van der Waals surface area (Å²) in [4.78, 5) is 42.2. The number of amides is 2. The number of rotatable bonds is 9. The fourth-order valence-electron chi connectivity index (χ4n) is 3.90. The quantitative estimate of drug-likeness (QED) is 0.194. The predicted octanol–water partition coefficient (Wildman–Crippen LogP) is 7.80. The minimum atomic E-state index is -0.717. The number of hydrogen-bond donors (Lipinski definition) is 2. The Kier molecular flexibility index (Phi) is 13.9. The molecule has 228 valence electrons. The second-order valence-electron chi connectivity index (χ2n) is 10.0. The van der Waals surface area contributed by atoms with Gasteiger partial charge in [-0.3, -0.25) is 14.6 Å². The molecule has 3 aromatic carbocycles. The Bertz CT molecular complexity index is 1450. The first kappa shape index (κ1) is 34.5. The second kappa shape index (κ2) is 17.3. The highest BCUT2D eigenvalue weighted by atomic mass is 16.6. The molecule has 8 heteroatoms. The van der Waals surface area contributed by atoms with E-state index in [-0.39, 0.29) is 24.8 Å². The third-order valence-corrected chi connectivity index (χ3v) is 5.82. The molecule has 2 N–H and O–H groups in total. The number of hydrogen-bond acceptors (Lipinski definition) is 6. The van der Waals surface area contributed by atoms with Crippen molar-refractivity contribution in [3.05, 3.63) is 102 Å². The van der Waals surface area contributed by atoms with Gasteiger partial charge in [-0.05, 0) is 62.1 Å². The monoisotopic (exact) mass is 585 g/mol. The van der Waals surface area contributed by atoms with Crippen molar-refractivity contribution in [1.82, 2.24) is 10.3 Å². The minimum Gasteiger partial charge on any atom is -0.485 e. The Hall–Kier alpha value is -4.72. The normalized spacial score (nSPS) is 11.0. The number of carbonyl (C=O) groups excluding carboxylic acids is 3. The Labute approximate surface area is 254 Å². The van der Waals surface area contributed by atoms with Gasteiger partial charge in [-0.15, -0.1) is 0 Å². The zero-order valence-corrected chi connectivity index (χ0v) is 26.1. The smallest absolute Gasteiger partial charge is 0.407 e. The number of ketones is 1. The SMILES string of the molecule is CC.CC.CC(C)(C)OC(=O)NCC(C(=O)Nc1ccc2cnccc2c1)c1ccc(OCC(=O)c2ccccc2)cc1. The lowest BCUT2D eigenvalue weighted by Crippen LogP contribution is -2.37. The van der Waals surface area contributed by atoms with Crippen molar-refractivity contribution in [2.75, 3.05) is 18.5 Å². The van der Waals surface area contributed by atoms with E-state index in [0.717, 1.165) is 10.8 Å². The van der Waals surface area contributed by atoms with Crippen LogP contribution in [0, 0.1) is 0 Å². The van der Waals surface area contributed by atoms with E-state index in [1.165, 1.54) is 0 Å². The average Bonchev–Trinajstić information content (AvgIpc) is 3.02. The molecule has 0 aliphatic heterocycles. The molecule has 0 aliphatic carbocycles. The van der Waals surface area contributed by atoms with Gasteiger partial charge < -0.3 is 20.1 Å². The molecule has 1 heterocycles. The van der Waals surface area contributed by atoms with Crippen LogP contribution in [0.25, 0.3) is 10.8 Å². The van der Waals surface area contributed by atoms with Crippen molar-refractivity contribution in [2.45, 2.75) is 60.0 Å². The number of pyridine rings is 1. The van der Waals surface area contributed by atoms with E-state index in [1.54, 1.807) is 87.8 Å². The Balaban J connectivity index is 0.00000155. The van der Waals surface area contributed by atoms with Crippen molar-refractivity contribution in [3.63, 3.8) is 0 Å². The summed E-state index contributed by atoms with van der Waals surface area (Å²) in [6, 6.07) is 23.2. The van der Waals surface area contributed by atoms with Crippen LogP contribution >= 0.6 is 0 Å². The first-order valence-corrected chi connectivity index (χ1v) is 14.6. The molecule has 4 rings (SSSR count). The standard InChI is InChI=1S/C31H31N3O5.2C2H6/c1-31(2,3)39-30(37)33-19-27(29(36)34-25-12-9-24-18-32-16-15-23(24)17-25)21-10-13-26(14-11-21)38-20-28(35)22-7-5-4-6-8-22;2*1-2/h4-18,27H,19-20H2,1-3H3,(H,33,37)(H,34,36);2*1-2H3. The Morgan fingerprint density at radius 2 is 1.51 bits per heavy atom. The van der Waals surface area contributed by atoms with Crippen LogP contribution < -0.4 is 15.4 Å². The number of nitrogens with one attached hydrogen (secondary N) is 2. The molecule has 0 bridgehead atoms. The van der Waals surface area contributed by atoms with Crippen molar-refractivity contribution in [2.24, 2.45) is 0 Å². The van der Waals surface area contributed by atoms with Crippen LogP contribution in [-0.2, 0) is 9.53 Å². The maximum absolute atomic E-state index is 13.4. The van der Waals surface area contributed by atoms with Crippen LogP contribution in [0.2, 0.25) is 0 Å². The first-order valence-electron chi connectivity index (χ1n) is 14.6. The molecule has 0 saturated carbocycles. The van der Waals surface area contributed by atoms with Crippen molar-refractivity contribution < 1.29 is 23.9 Å². The molecular weight excluding hydrogens is 542 g/mol. The lowest BCUT2D eigenvalue weighted by Gasteiger charge is -2.22. The van der Waals surface area contributed by atoms with Crippen molar-refractivity contribution >= 4 is 34.2 Å². The van der Waals surface area contributed by atoms with E-state index >= 15 is 0 Å². The molecule has 2 amide bonds. The molecular formula is C35H43N3O5. The number of benzene rings is 3. The number of nitrogens with zero attached hydrogens (tertiary/aromatic N) is 1. The Morgan fingerprint density at radius 1 is 0.837 bits per heavy atom. The largest absolute Gasteiger partial charge is 0.485 e. The summed E-state index contributed by atoms with van der Waals surface area (Å²) in [6.45, 7) is 13.2.